The number of carbonyl (C=O) groups is 1. The van der Waals surface area contributed by atoms with Crippen LogP contribution in [0.1, 0.15) is 23.7 Å². The molecule has 1 aromatic rings. The molecule has 2 rings (SSSR count). The second-order valence-corrected chi connectivity index (χ2v) is 4.09. The minimum Gasteiger partial charge on any atom is -0.478 e. The molecule has 0 unspecified atom stereocenters. The molecule has 1 N–H and O–H groups in total. The molecule has 0 bridgehead atoms. The number of hydrogen-bond donors (Lipinski definition) is 1. The van der Waals surface area contributed by atoms with Crippen LogP contribution in [0.25, 0.3) is 0 Å². The van der Waals surface area contributed by atoms with E-state index in [2.05, 4.69) is 11.1 Å². The monoisotopic (exact) mass is 236 g/mol. The lowest BCUT2D eigenvalue weighted by Crippen LogP contribution is -2.31. The van der Waals surface area contributed by atoms with E-state index >= 15 is 0 Å². The Bertz CT molecular complexity index is 485. The summed E-state index contributed by atoms with van der Waals surface area (Å²) in [5.41, 5.74) is 1.08. The Hall–Kier alpha value is -1.91. The molecule has 0 saturated carbocycles. The topological polar surface area (TPSA) is 53.4 Å². The highest BCUT2D eigenvalue weighted by Gasteiger charge is 2.20. The number of halogens is 1. The van der Waals surface area contributed by atoms with Crippen molar-refractivity contribution in [2.45, 2.75) is 13.3 Å². The van der Waals surface area contributed by atoms with Crippen LogP contribution in [0.3, 0.4) is 0 Å². The molecule has 1 aliphatic heterocycles. The van der Waals surface area contributed by atoms with Gasteiger partial charge in [0.15, 0.2) is 0 Å². The van der Waals surface area contributed by atoms with Crippen molar-refractivity contribution in [3.05, 3.63) is 35.3 Å². The van der Waals surface area contributed by atoms with Crippen molar-refractivity contribution < 1.29 is 14.3 Å². The number of nitrogens with zero attached hydrogens (tertiary/aromatic N) is 2. The number of hydrogen-bond acceptors (Lipinski definition) is 3. The van der Waals surface area contributed by atoms with E-state index in [9.17, 15) is 9.18 Å². The van der Waals surface area contributed by atoms with E-state index in [0.717, 1.165) is 18.7 Å². The second-order valence-electron chi connectivity index (χ2n) is 4.09. The molecular formula is C12H13FN2O2. The average Bonchev–Trinajstić information content (AvgIpc) is 2.28. The summed E-state index contributed by atoms with van der Waals surface area (Å²) in [5.74, 6) is -1.44. The summed E-state index contributed by atoms with van der Waals surface area (Å²) in [6, 6.07) is 1.01. The Morgan fingerprint density at radius 3 is 3.00 bits per heavy atom. The number of pyridine rings is 1. The Kier molecular flexibility index (Phi) is 3.08. The van der Waals surface area contributed by atoms with Crippen LogP contribution in [0, 0.1) is 5.82 Å². The molecule has 90 valence electrons. The predicted octanol–water partition coefficient (Wildman–Crippen LogP) is 2.08. The molecule has 0 aliphatic carbocycles. The molecule has 0 fully saturated rings. The van der Waals surface area contributed by atoms with Crippen molar-refractivity contribution in [3.8, 4) is 0 Å². The maximum atomic E-state index is 13.0. The van der Waals surface area contributed by atoms with Gasteiger partial charge < -0.3 is 10.0 Å². The minimum absolute atomic E-state index is 0.0836. The molecule has 1 aromatic heterocycles. The van der Waals surface area contributed by atoms with E-state index in [-0.39, 0.29) is 5.56 Å². The fourth-order valence-electron chi connectivity index (χ4n) is 1.93. The van der Waals surface area contributed by atoms with E-state index < -0.39 is 11.8 Å². The summed E-state index contributed by atoms with van der Waals surface area (Å²) < 4.78 is 13.0. The maximum absolute atomic E-state index is 13.0. The summed E-state index contributed by atoms with van der Waals surface area (Å²) in [6.45, 7) is 3.32. The van der Waals surface area contributed by atoms with Crippen molar-refractivity contribution in [1.82, 2.24) is 4.98 Å². The lowest BCUT2D eigenvalue weighted by molar-refractivity contribution is 0.0696. The van der Waals surface area contributed by atoms with E-state index in [0.29, 0.717) is 18.9 Å². The highest BCUT2D eigenvalue weighted by molar-refractivity contribution is 5.93. The molecule has 0 saturated heterocycles. The van der Waals surface area contributed by atoms with E-state index in [4.69, 9.17) is 5.11 Å². The number of carboxylic acids is 1. The van der Waals surface area contributed by atoms with Crippen LogP contribution < -0.4 is 4.90 Å². The van der Waals surface area contributed by atoms with Gasteiger partial charge >= 0.3 is 5.97 Å². The van der Waals surface area contributed by atoms with Gasteiger partial charge in [-0.2, -0.15) is 0 Å². The highest BCUT2D eigenvalue weighted by Crippen LogP contribution is 2.22. The van der Waals surface area contributed by atoms with Gasteiger partial charge in [0.25, 0.3) is 0 Å². The molecule has 4 nitrogen and oxygen atoms in total. The van der Waals surface area contributed by atoms with Gasteiger partial charge in [0.1, 0.15) is 17.2 Å². The number of aromatic nitrogens is 1. The average molecular weight is 236 g/mol. The summed E-state index contributed by atoms with van der Waals surface area (Å²) in [4.78, 5) is 16.8. The Morgan fingerprint density at radius 2 is 2.35 bits per heavy atom. The zero-order valence-corrected chi connectivity index (χ0v) is 9.48. The van der Waals surface area contributed by atoms with Gasteiger partial charge in [0, 0.05) is 13.1 Å². The zero-order valence-electron chi connectivity index (χ0n) is 9.48. The molecule has 1 aliphatic rings. The van der Waals surface area contributed by atoms with E-state index in [1.807, 2.05) is 11.8 Å². The summed E-state index contributed by atoms with van der Waals surface area (Å²) in [6.07, 6.45) is 4.01. The standard InChI is InChI=1S/C12H13FN2O2/c1-8-3-2-4-15(7-8)11-10(12(16)17)5-9(13)6-14-11/h3,5-6H,2,4,7H2,1H3,(H,16,17). The number of rotatable bonds is 2. The van der Waals surface area contributed by atoms with Crippen molar-refractivity contribution in [2.24, 2.45) is 0 Å². The van der Waals surface area contributed by atoms with Crippen LogP contribution in [0.5, 0.6) is 0 Å². The lowest BCUT2D eigenvalue weighted by atomic mass is 10.1. The number of aromatic carboxylic acids is 1. The van der Waals surface area contributed by atoms with Crippen molar-refractivity contribution in [2.75, 3.05) is 18.0 Å². The normalized spacial score (nSPS) is 15.6. The van der Waals surface area contributed by atoms with Crippen LogP contribution in [-0.4, -0.2) is 29.1 Å². The Morgan fingerprint density at radius 1 is 1.59 bits per heavy atom. The summed E-state index contributed by atoms with van der Waals surface area (Å²) >= 11 is 0. The number of carboxylic acid groups (broad SMARTS) is 1. The predicted molar refractivity (Wildman–Crippen MR) is 61.7 cm³/mol. The fraction of sp³-hybridized carbons (Fsp3) is 0.333. The highest BCUT2D eigenvalue weighted by atomic mass is 19.1. The first kappa shape index (κ1) is 11.6. The first-order valence-electron chi connectivity index (χ1n) is 5.37. The smallest absolute Gasteiger partial charge is 0.339 e. The van der Waals surface area contributed by atoms with Crippen LogP contribution in [-0.2, 0) is 0 Å². The van der Waals surface area contributed by atoms with Gasteiger partial charge in [0.05, 0.1) is 6.20 Å². The van der Waals surface area contributed by atoms with Crippen molar-refractivity contribution in [3.63, 3.8) is 0 Å². The first-order valence-corrected chi connectivity index (χ1v) is 5.37. The largest absolute Gasteiger partial charge is 0.478 e. The maximum Gasteiger partial charge on any atom is 0.339 e. The third-order valence-electron chi connectivity index (χ3n) is 2.70. The van der Waals surface area contributed by atoms with Crippen LogP contribution >= 0.6 is 0 Å². The van der Waals surface area contributed by atoms with Crippen LogP contribution in [0.15, 0.2) is 23.9 Å². The number of anilines is 1. The Labute approximate surface area is 98.4 Å². The van der Waals surface area contributed by atoms with Crippen LogP contribution in [0.4, 0.5) is 10.2 Å². The van der Waals surface area contributed by atoms with E-state index in [1.165, 1.54) is 5.57 Å². The van der Waals surface area contributed by atoms with Gasteiger partial charge in [-0.25, -0.2) is 14.2 Å². The zero-order chi connectivity index (χ0) is 12.4. The molecule has 0 spiro atoms. The summed E-state index contributed by atoms with van der Waals surface area (Å²) in [7, 11) is 0. The molecule has 0 atom stereocenters. The van der Waals surface area contributed by atoms with Gasteiger partial charge in [-0.3, -0.25) is 0 Å². The molecule has 17 heavy (non-hydrogen) atoms. The van der Waals surface area contributed by atoms with E-state index in [1.54, 1.807) is 0 Å². The van der Waals surface area contributed by atoms with Crippen molar-refractivity contribution >= 4 is 11.8 Å². The summed E-state index contributed by atoms with van der Waals surface area (Å²) in [5, 5.41) is 9.04. The van der Waals surface area contributed by atoms with Crippen molar-refractivity contribution in [1.29, 1.82) is 0 Å². The second kappa shape index (κ2) is 4.53. The Balaban J connectivity index is 2.38. The third-order valence-corrected chi connectivity index (χ3v) is 2.70. The fourth-order valence-corrected chi connectivity index (χ4v) is 1.93. The van der Waals surface area contributed by atoms with Gasteiger partial charge in [0.2, 0.25) is 0 Å². The molecule has 0 aromatic carbocycles. The lowest BCUT2D eigenvalue weighted by Gasteiger charge is -2.28. The third kappa shape index (κ3) is 2.43. The quantitative estimate of drug-likeness (QED) is 0.799. The van der Waals surface area contributed by atoms with Gasteiger partial charge in [-0.05, 0) is 19.4 Å². The molecule has 0 amide bonds. The minimum atomic E-state index is -1.15. The van der Waals surface area contributed by atoms with Gasteiger partial charge in [-0.1, -0.05) is 11.6 Å². The van der Waals surface area contributed by atoms with Crippen LogP contribution in [0.2, 0.25) is 0 Å². The first-order chi connectivity index (χ1) is 8.08. The molecule has 5 heteroatoms. The van der Waals surface area contributed by atoms with Gasteiger partial charge in [-0.15, -0.1) is 0 Å². The molecule has 0 radical (unpaired) electrons. The molecule has 2 heterocycles. The molecular weight excluding hydrogens is 223 g/mol. The SMILES string of the molecule is CC1=CCCN(c2ncc(F)cc2C(=O)O)C1.